The second kappa shape index (κ2) is 9.61. The average molecular weight is 454 g/mol. The van der Waals surface area contributed by atoms with Gasteiger partial charge in [0.25, 0.3) is 0 Å². The van der Waals surface area contributed by atoms with Crippen molar-refractivity contribution in [1.82, 2.24) is 15.0 Å². The molecule has 0 aliphatic rings. The van der Waals surface area contributed by atoms with Crippen LogP contribution in [0.3, 0.4) is 0 Å². The van der Waals surface area contributed by atoms with Crippen molar-refractivity contribution < 1.29 is 4.57 Å². The van der Waals surface area contributed by atoms with Gasteiger partial charge in [-0.25, -0.2) is 15.0 Å². The fourth-order valence-electron chi connectivity index (χ4n) is 4.61. The lowest BCUT2D eigenvalue weighted by Crippen LogP contribution is -2.32. The zero-order valence-corrected chi connectivity index (χ0v) is 21.9. The van der Waals surface area contributed by atoms with Gasteiger partial charge < -0.3 is 0 Å². The Kier molecular flexibility index (Phi) is 6.79. The van der Waals surface area contributed by atoms with Gasteiger partial charge in [-0.2, -0.15) is 4.57 Å². The number of benzene rings is 2. The number of rotatable bonds is 6. The highest BCUT2D eigenvalue weighted by Crippen LogP contribution is 2.28. The van der Waals surface area contributed by atoms with Crippen molar-refractivity contribution in [1.29, 1.82) is 0 Å². The Bertz CT molecular complexity index is 1320. The molecular weight excluding hydrogens is 416 g/mol. The molecule has 0 N–H and O–H groups in total. The Balaban J connectivity index is 1.86. The molecule has 4 rings (SSSR count). The van der Waals surface area contributed by atoms with E-state index in [-0.39, 0.29) is 0 Å². The lowest BCUT2D eigenvalue weighted by atomic mass is 9.96. The van der Waals surface area contributed by atoms with Gasteiger partial charge in [0.2, 0.25) is 11.2 Å². The van der Waals surface area contributed by atoms with Crippen molar-refractivity contribution in [2.75, 3.05) is 0 Å². The van der Waals surface area contributed by atoms with E-state index in [1.165, 1.54) is 38.9 Å². The molecule has 0 spiro atoms. The van der Waals surface area contributed by atoms with Crippen molar-refractivity contribution in [3.05, 3.63) is 70.8 Å². The van der Waals surface area contributed by atoms with Crippen LogP contribution < -0.4 is 4.57 Å². The van der Waals surface area contributed by atoms with Gasteiger partial charge in [-0.05, 0) is 61.9 Å². The van der Waals surface area contributed by atoms with Gasteiger partial charge in [0.05, 0.1) is 0 Å². The van der Waals surface area contributed by atoms with Crippen LogP contribution in [-0.4, -0.2) is 15.0 Å². The third kappa shape index (κ3) is 5.01. The Morgan fingerprint density at radius 3 is 2.00 bits per heavy atom. The van der Waals surface area contributed by atoms with E-state index in [1.807, 2.05) is 0 Å². The number of aromatic nitrogens is 4. The number of nitrogens with zero attached hydrogens (tertiary/aromatic N) is 4. The second-order valence-electron chi connectivity index (χ2n) is 10.5. The van der Waals surface area contributed by atoms with E-state index in [0.29, 0.717) is 11.8 Å². The molecule has 0 radical (unpaired) electrons. The first-order valence-corrected chi connectivity index (χ1v) is 12.4. The predicted octanol–water partition coefficient (Wildman–Crippen LogP) is 6.51. The summed E-state index contributed by atoms with van der Waals surface area (Å²) < 4.78 is 2.30. The summed E-state index contributed by atoms with van der Waals surface area (Å²) in [6.07, 6.45) is 1.72. The number of hydrogen-bond donors (Lipinski definition) is 0. The van der Waals surface area contributed by atoms with E-state index in [4.69, 9.17) is 15.0 Å². The quantitative estimate of drug-likeness (QED) is 0.313. The molecule has 0 bridgehead atoms. The van der Waals surface area contributed by atoms with Crippen molar-refractivity contribution in [3.63, 3.8) is 0 Å². The smallest absolute Gasteiger partial charge is 0.213 e. The van der Waals surface area contributed by atoms with Crippen LogP contribution in [0, 0.1) is 32.6 Å². The maximum Gasteiger partial charge on any atom is 0.213 e. The predicted molar refractivity (Wildman–Crippen MR) is 141 cm³/mol. The first-order valence-electron chi connectivity index (χ1n) is 12.4. The van der Waals surface area contributed by atoms with E-state index in [0.717, 1.165) is 35.9 Å². The van der Waals surface area contributed by atoms with Crippen LogP contribution in [0.25, 0.3) is 33.5 Å². The molecule has 176 valence electrons. The van der Waals surface area contributed by atoms with Gasteiger partial charge in [-0.3, -0.25) is 0 Å². The van der Waals surface area contributed by atoms with E-state index in [2.05, 4.69) is 103 Å². The fourth-order valence-corrected chi connectivity index (χ4v) is 4.61. The summed E-state index contributed by atoms with van der Waals surface area (Å²) in [4.78, 5) is 14.5. The van der Waals surface area contributed by atoms with Gasteiger partial charge in [0.15, 0.2) is 5.82 Å². The summed E-state index contributed by atoms with van der Waals surface area (Å²) in [5.41, 5.74) is 8.64. The van der Waals surface area contributed by atoms with Gasteiger partial charge in [0.1, 0.15) is 18.7 Å². The third-order valence-corrected chi connectivity index (χ3v) is 6.43. The summed E-state index contributed by atoms with van der Waals surface area (Å²) in [6.45, 7) is 15.4. The minimum atomic E-state index is 0.500. The first-order chi connectivity index (χ1) is 16.1. The highest BCUT2D eigenvalue weighted by molar-refractivity contribution is 5.82. The SMILES string of the molecule is Cc1cc(C)c(C)c(-c2ccc3ccc(-c4nc(CC(C)C)nc(CC(C)C)n4)cc3[n+]2C)c1. The normalized spacial score (nSPS) is 11.7. The van der Waals surface area contributed by atoms with E-state index in [9.17, 15) is 0 Å². The van der Waals surface area contributed by atoms with Crippen molar-refractivity contribution in [2.24, 2.45) is 18.9 Å². The van der Waals surface area contributed by atoms with E-state index < -0.39 is 0 Å². The molecule has 0 aliphatic carbocycles. The minimum Gasteiger partial charge on any atom is -0.218 e. The Labute approximate surface area is 204 Å². The second-order valence-corrected chi connectivity index (χ2v) is 10.5. The molecule has 0 unspecified atom stereocenters. The van der Waals surface area contributed by atoms with Crippen LogP contribution in [0.1, 0.15) is 56.0 Å². The maximum absolute atomic E-state index is 4.87. The molecule has 2 heterocycles. The molecule has 0 atom stereocenters. The van der Waals surface area contributed by atoms with Gasteiger partial charge in [-0.15, -0.1) is 0 Å². The standard InChI is InChI=1S/C30H37N4/c1-18(2)13-28-31-29(14-19(3)4)33-30(32-28)24-10-9-23-11-12-26(34(8)27(23)17-24)25-16-20(5)15-21(6)22(25)7/h9-12,15-19H,13-14H2,1-8H3/q+1. The maximum atomic E-state index is 4.87. The molecule has 2 aromatic carbocycles. The summed E-state index contributed by atoms with van der Waals surface area (Å²) in [7, 11) is 2.15. The molecule has 2 aromatic heterocycles. The van der Waals surface area contributed by atoms with Crippen molar-refractivity contribution >= 4 is 10.9 Å². The molecular formula is C30H37N4+. The third-order valence-electron chi connectivity index (χ3n) is 6.43. The van der Waals surface area contributed by atoms with Crippen LogP contribution in [-0.2, 0) is 19.9 Å². The topological polar surface area (TPSA) is 42.6 Å². The molecule has 0 saturated heterocycles. The summed E-state index contributed by atoms with van der Waals surface area (Å²) in [6, 6.07) is 15.5. The monoisotopic (exact) mass is 453 g/mol. The van der Waals surface area contributed by atoms with Crippen LogP contribution in [0.4, 0.5) is 0 Å². The molecule has 0 saturated carbocycles. The largest absolute Gasteiger partial charge is 0.218 e. The first kappa shape index (κ1) is 24.0. The zero-order valence-electron chi connectivity index (χ0n) is 21.9. The summed E-state index contributed by atoms with van der Waals surface area (Å²) in [5, 5.41) is 1.20. The van der Waals surface area contributed by atoms with Crippen LogP contribution >= 0.6 is 0 Å². The van der Waals surface area contributed by atoms with Gasteiger partial charge >= 0.3 is 0 Å². The number of pyridine rings is 1. The van der Waals surface area contributed by atoms with Crippen molar-refractivity contribution in [3.8, 4) is 22.6 Å². The molecule has 4 aromatic rings. The highest BCUT2D eigenvalue weighted by atomic mass is 15.0. The lowest BCUT2D eigenvalue weighted by Gasteiger charge is -2.12. The van der Waals surface area contributed by atoms with Crippen molar-refractivity contribution in [2.45, 2.75) is 61.3 Å². The molecule has 4 nitrogen and oxygen atoms in total. The Hall–Kier alpha value is -3.14. The molecule has 4 heteroatoms. The van der Waals surface area contributed by atoms with E-state index in [1.54, 1.807) is 0 Å². The summed E-state index contributed by atoms with van der Waals surface area (Å²) >= 11 is 0. The van der Waals surface area contributed by atoms with Crippen LogP contribution in [0.5, 0.6) is 0 Å². The molecule has 0 aliphatic heterocycles. The Morgan fingerprint density at radius 2 is 1.38 bits per heavy atom. The number of aryl methyl sites for hydroxylation is 3. The molecule has 34 heavy (non-hydrogen) atoms. The van der Waals surface area contributed by atoms with Crippen LogP contribution in [0.2, 0.25) is 0 Å². The molecule has 0 amide bonds. The number of hydrogen-bond acceptors (Lipinski definition) is 3. The average Bonchev–Trinajstić information content (AvgIpc) is 2.75. The number of fused-ring (bicyclic) bond motifs is 1. The molecule has 0 fully saturated rings. The van der Waals surface area contributed by atoms with Gasteiger partial charge in [-0.1, -0.05) is 45.4 Å². The lowest BCUT2D eigenvalue weighted by molar-refractivity contribution is -0.633. The fraction of sp³-hybridized carbons (Fsp3) is 0.400. The highest BCUT2D eigenvalue weighted by Gasteiger charge is 2.19. The summed E-state index contributed by atoms with van der Waals surface area (Å²) in [5.74, 6) is 3.55. The minimum absolute atomic E-state index is 0.500. The van der Waals surface area contributed by atoms with Gasteiger partial charge in [0, 0.05) is 41.5 Å². The Morgan fingerprint density at radius 1 is 0.765 bits per heavy atom. The zero-order chi connectivity index (χ0) is 24.6. The van der Waals surface area contributed by atoms with Crippen LogP contribution in [0.15, 0.2) is 42.5 Å². The van der Waals surface area contributed by atoms with E-state index >= 15 is 0 Å².